The molecule has 4 rings (SSSR count). The second-order valence-corrected chi connectivity index (χ2v) is 5.71. The van der Waals surface area contributed by atoms with E-state index in [1.165, 1.54) is 12.1 Å². The molecule has 120 valence electrons. The molecule has 2 aromatic carbocycles. The Morgan fingerprint density at radius 2 is 1.83 bits per heavy atom. The number of carbonyl (C=O) groups excluding carboxylic acids is 1. The molecule has 6 heteroatoms. The van der Waals surface area contributed by atoms with E-state index in [0.717, 1.165) is 22.6 Å². The molecule has 1 aliphatic heterocycles. The Balaban J connectivity index is 1.75. The van der Waals surface area contributed by atoms with Gasteiger partial charge in [-0.3, -0.25) is 9.89 Å². The predicted molar refractivity (Wildman–Crippen MR) is 89.8 cm³/mol. The summed E-state index contributed by atoms with van der Waals surface area (Å²) in [6, 6.07) is 15.9. The molecule has 0 fully saturated rings. The van der Waals surface area contributed by atoms with E-state index in [0.29, 0.717) is 12.2 Å². The number of nitrogens with zero attached hydrogens (tertiary/aromatic N) is 1. The molecule has 1 aliphatic rings. The molecule has 2 heterocycles. The zero-order valence-corrected chi connectivity index (χ0v) is 12.7. The van der Waals surface area contributed by atoms with Gasteiger partial charge < -0.3 is 10.6 Å². The van der Waals surface area contributed by atoms with Crippen LogP contribution in [0.4, 0.5) is 21.7 Å². The molecule has 3 N–H and O–H groups in total. The van der Waals surface area contributed by atoms with Gasteiger partial charge in [-0.2, -0.15) is 5.10 Å². The summed E-state index contributed by atoms with van der Waals surface area (Å²) in [6.45, 7) is 0. The zero-order chi connectivity index (χ0) is 16.5. The van der Waals surface area contributed by atoms with Crippen LogP contribution in [0.2, 0.25) is 0 Å². The summed E-state index contributed by atoms with van der Waals surface area (Å²) in [5.74, 6) is 0.660. The summed E-state index contributed by atoms with van der Waals surface area (Å²) in [5, 5.41) is 13.2. The van der Waals surface area contributed by atoms with E-state index < -0.39 is 0 Å². The van der Waals surface area contributed by atoms with Crippen LogP contribution in [-0.4, -0.2) is 16.1 Å². The number of fused-ring (bicyclic) bond motifs is 1. The number of hydrogen-bond acceptors (Lipinski definition) is 3. The fourth-order valence-electron chi connectivity index (χ4n) is 3.00. The van der Waals surface area contributed by atoms with Gasteiger partial charge in [0.2, 0.25) is 5.91 Å². The lowest BCUT2D eigenvalue weighted by molar-refractivity contribution is -0.116. The largest absolute Gasteiger partial charge is 0.340 e. The topological polar surface area (TPSA) is 69.8 Å². The Kier molecular flexibility index (Phi) is 3.49. The van der Waals surface area contributed by atoms with Crippen LogP contribution < -0.4 is 10.6 Å². The van der Waals surface area contributed by atoms with E-state index in [2.05, 4.69) is 20.8 Å². The van der Waals surface area contributed by atoms with Crippen LogP contribution in [0, 0.1) is 5.82 Å². The lowest BCUT2D eigenvalue weighted by Gasteiger charge is -2.23. The number of hydrogen-bond donors (Lipinski definition) is 3. The van der Waals surface area contributed by atoms with E-state index in [1.54, 1.807) is 12.1 Å². The van der Waals surface area contributed by atoms with Crippen LogP contribution in [0.25, 0.3) is 0 Å². The maximum atomic E-state index is 13.2. The van der Waals surface area contributed by atoms with E-state index in [4.69, 9.17) is 0 Å². The molecule has 24 heavy (non-hydrogen) atoms. The molecule has 1 amide bonds. The molecule has 0 unspecified atom stereocenters. The van der Waals surface area contributed by atoms with Crippen molar-refractivity contribution >= 4 is 23.2 Å². The number of benzene rings is 2. The van der Waals surface area contributed by atoms with Crippen molar-refractivity contribution < 1.29 is 9.18 Å². The van der Waals surface area contributed by atoms with Crippen LogP contribution in [0.1, 0.15) is 23.5 Å². The Labute approximate surface area is 137 Å². The molecular formula is C18H15FN4O. The maximum Gasteiger partial charge on any atom is 0.226 e. The molecule has 1 aromatic heterocycles. The molecule has 0 bridgehead atoms. The van der Waals surface area contributed by atoms with Crippen LogP contribution in [-0.2, 0) is 4.79 Å². The van der Waals surface area contributed by atoms with Gasteiger partial charge in [0.1, 0.15) is 11.6 Å². The van der Waals surface area contributed by atoms with Crippen LogP contribution >= 0.6 is 0 Å². The van der Waals surface area contributed by atoms with Crippen molar-refractivity contribution in [3.05, 3.63) is 71.5 Å². The van der Waals surface area contributed by atoms with Gasteiger partial charge in [0.05, 0.1) is 0 Å². The average Bonchev–Trinajstić information content (AvgIpc) is 2.98. The van der Waals surface area contributed by atoms with E-state index in [-0.39, 0.29) is 17.6 Å². The highest BCUT2D eigenvalue weighted by molar-refractivity contribution is 5.95. The number of halogens is 1. The first-order valence-corrected chi connectivity index (χ1v) is 7.66. The number of rotatable bonds is 3. The molecular weight excluding hydrogens is 307 g/mol. The second-order valence-electron chi connectivity index (χ2n) is 5.71. The third kappa shape index (κ3) is 2.62. The van der Waals surface area contributed by atoms with Crippen LogP contribution in [0.15, 0.2) is 54.6 Å². The van der Waals surface area contributed by atoms with Crippen molar-refractivity contribution in [3.8, 4) is 0 Å². The van der Waals surface area contributed by atoms with Crippen LogP contribution in [0.5, 0.6) is 0 Å². The normalized spacial score (nSPS) is 16.4. The van der Waals surface area contributed by atoms with Crippen molar-refractivity contribution in [2.75, 3.05) is 10.6 Å². The van der Waals surface area contributed by atoms with Crippen molar-refractivity contribution in [2.24, 2.45) is 0 Å². The quantitative estimate of drug-likeness (QED) is 0.687. The highest BCUT2D eigenvalue weighted by Gasteiger charge is 2.31. The Bertz CT molecular complexity index is 874. The molecule has 3 aromatic rings. The summed E-state index contributed by atoms with van der Waals surface area (Å²) >= 11 is 0. The minimum Gasteiger partial charge on any atom is -0.340 e. The Morgan fingerprint density at radius 3 is 2.58 bits per heavy atom. The fraction of sp³-hybridized carbons (Fsp3) is 0.111. The minimum atomic E-state index is -0.297. The number of amides is 1. The van der Waals surface area contributed by atoms with E-state index in [1.807, 2.05) is 30.3 Å². The van der Waals surface area contributed by atoms with Gasteiger partial charge >= 0.3 is 0 Å². The van der Waals surface area contributed by atoms with E-state index >= 15 is 0 Å². The lowest BCUT2D eigenvalue weighted by Crippen LogP contribution is -2.23. The number of aromatic amines is 1. The first kappa shape index (κ1) is 14.4. The SMILES string of the molecule is O=C1C[C@H](c2ccc(F)cc2)c2c(n[nH]c2Nc2ccccc2)N1. The maximum absolute atomic E-state index is 13.2. The fourth-order valence-corrected chi connectivity index (χ4v) is 3.00. The Morgan fingerprint density at radius 1 is 1.08 bits per heavy atom. The molecule has 5 nitrogen and oxygen atoms in total. The summed E-state index contributed by atoms with van der Waals surface area (Å²) < 4.78 is 13.2. The van der Waals surface area contributed by atoms with Crippen molar-refractivity contribution in [1.29, 1.82) is 0 Å². The summed E-state index contributed by atoms with van der Waals surface area (Å²) in [6.07, 6.45) is 0.293. The van der Waals surface area contributed by atoms with Gasteiger partial charge in [0.15, 0.2) is 5.82 Å². The van der Waals surface area contributed by atoms with Crippen LogP contribution in [0.3, 0.4) is 0 Å². The number of aromatic nitrogens is 2. The summed E-state index contributed by atoms with van der Waals surface area (Å²) in [4.78, 5) is 12.0. The standard InChI is InChI=1S/C18H15FN4O/c19-12-8-6-11(7-9-12)14-10-15(24)21-18-16(14)17(22-23-18)20-13-4-2-1-3-5-13/h1-9,14H,10H2,(H3,20,21,22,23,24)/t14-/m1/s1. The van der Waals surface area contributed by atoms with Gasteiger partial charge in [-0.1, -0.05) is 30.3 Å². The number of H-pyrrole nitrogens is 1. The summed E-state index contributed by atoms with van der Waals surface area (Å²) in [5.41, 5.74) is 2.67. The highest BCUT2D eigenvalue weighted by atomic mass is 19.1. The van der Waals surface area contributed by atoms with Crippen molar-refractivity contribution in [3.63, 3.8) is 0 Å². The number of para-hydroxylation sites is 1. The summed E-state index contributed by atoms with van der Waals surface area (Å²) in [7, 11) is 0. The Hall–Kier alpha value is -3.15. The molecule has 0 saturated carbocycles. The highest BCUT2D eigenvalue weighted by Crippen LogP contribution is 2.40. The minimum absolute atomic E-state index is 0.102. The van der Waals surface area contributed by atoms with Crippen molar-refractivity contribution in [1.82, 2.24) is 10.2 Å². The predicted octanol–water partition coefficient (Wildman–Crippen LogP) is 3.77. The monoisotopic (exact) mass is 322 g/mol. The lowest BCUT2D eigenvalue weighted by atomic mass is 9.86. The first-order valence-electron chi connectivity index (χ1n) is 7.66. The number of nitrogens with one attached hydrogen (secondary N) is 3. The number of anilines is 3. The molecule has 0 radical (unpaired) electrons. The third-order valence-electron chi connectivity index (χ3n) is 4.12. The van der Waals surface area contributed by atoms with Crippen molar-refractivity contribution in [2.45, 2.75) is 12.3 Å². The van der Waals surface area contributed by atoms with Gasteiger partial charge in [0, 0.05) is 23.6 Å². The molecule has 0 aliphatic carbocycles. The molecule has 0 spiro atoms. The molecule has 1 atom stereocenters. The molecule has 0 saturated heterocycles. The number of carbonyl (C=O) groups is 1. The second kappa shape index (κ2) is 5.81. The third-order valence-corrected chi connectivity index (χ3v) is 4.12. The van der Waals surface area contributed by atoms with Gasteiger partial charge in [0.25, 0.3) is 0 Å². The first-order chi connectivity index (χ1) is 11.7. The van der Waals surface area contributed by atoms with E-state index in [9.17, 15) is 9.18 Å². The van der Waals surface area contributed by atoms with Gasteiger partial charge in [-0.25, -0.2) is 4.39 Å². The zero-order valence-electron chi connectivity index (χ0n) is 12.7. The smallest absolute Gasteiger partial charge is 0.226 e. The van der Waals surface area contributed by atoms with Gasteiger partial charge in [-0.05, 0) is 29.8 Å². The average molecular weight is 322 g/mol. The van der Waals surface area contributed by atoms with Gasteiger partial charge in [-0.15, -0.1) is 0 Å².